The predicted octanol–water partition coefficient (Wildman–Crippen LogP) is -0.0354. The Morgan fingerprint density at radius 1 is 1.57 bits per heavy atom. The molecule has 3 heteroatoms. The fourth-order valence-electron chi connectivity index (χ4n) is 0.149. The van der Waals surface area contributed by atoms with Crippen molar-refractivity contribution in [2.45, 2.75) is 13.8 Å². The summed E-state index contributed by atoms with van der Waals surface area (Å²) in [5, 5.41) is 16.6. The first kappa shape index (κ1) is 6.72. The fraction of sp³-hybridized carbons (Fsp3) is 0.500. The average molecular weight is 99.9 g/mol. The number of hydrogen-bond acceptors (Lipinski definition) is 2. The minimum atomic E-state index is -1.27. The van der Waals surface area contributed by atoms with Crippen molar-refractivity contribution < 1.29 is 10.0 Å². The molecule has 0 aliphatic heterocycles. The number of rotatable bonds is 1. The molecule has 0 unspecified atom stereocenters. The van der Waals surface area contributed by atoms with E-state index in [0.717, 1.165) is 0 Å². The van der Waals surface area contributed by atoms with Crippen molar-refractivity contribution in [3.63, 3.8) is 0 Å². The lowest BCUT2D eigenvalue weighted by Crippen LogP contribution is -2.12. The van der Waals surface area contributed by atoms with E-state index in [1.807, 2.05) is 0 Å². The van der Waals surface area contributed by atoms with Gasteiger partial charge in [0.2, 0.25) is 0 Å². The molecule has 0 radical (unpaired) electrons. The molecule has 2 nitrogen and oxygen atoms in total. The van der Waals surface area contributed by atoms with Gasteiger partial charge >= 0.3 is 7.12 Å². The van der Waals surface area contributed by atoms with Crippen LogP contribution in [0.1, 0.15) is 13.8 Å². The van der Waals surface area contributed by atoms with Crippen molar-refractivity contribution >= 4 is 7.12 Å². The Morgan fingerprint density at radius 3 is 2.00 bits per heavy atom. The summed E-state index contributed by atoms with van der Waals surface area (Å²) in [6.07, 6.45) is 1.66. The topological polar surface area (TPSA) is 40.5 Å². The molecule has 0 bridgehead atoms. The SMILES string of the molecule is C/C=C(\C)B(O)O. The van der Waals surface area contributed by atoms with Crippen LogP contribution >= 0.6 is 0 Å². The van der Waals surface area contributed by atoms with Crippen LogP contribution in [0.15, 0.2) is 11.5 Å². The fourth-order valence-corrected chi connectivity index (χ4v) is 0.149. The highest BCUT2D eigenvalue weighted by molar-refractivity contribution is 6.50. The van der Waals surface area contributed by atoms with Crippen LogP contribution in [0.5, 0.6) is 0 Å². The van der Waals surface area contributed by atoms with Gasteiger partial charge in [-0.2, -0.15) is 0 Å². The molecular formula is C4H9BO2. The van der Waals surface area contributed by atoms with Crippen LogP contribution in [0.25, 0.3) is 0 Å². The van der Waals surface area contributed by atoms with Gasteiger partial charge in [-0.15, -0.1) is 0 Å². The molecule has 2 N–H and O–H groups in total. The molecule has 7 heavy (non-hydrogen) atoms. The van der Waals surface area contributed by atoms with E-state index in [0.29, 0.717) is 5.47 Å². The number of hydrogen-bond donors (Lipinski definition) is 2. The zero-order valence-electron chi connectivity index (χ0n) is 4.55. The minimum Gasteiger partial charge on any atom is -0.423 e. The van der Waals surface area contributed by atoms with Gasteiger partial charge in [0, 0.05) is 0 Å². The molecule has 40 valence electrons. The molecule has 0 saturated heterocycles. The van der Waals surface area contributed by atoms with E-state index in [9.17, 15) is 0 Å². The quantitative estimate of drug-likeness (QED) is 0.454. The standard InChI is InChI=1S/C4H9BO2/c1-3-4(2)5(6)7/h3,6-7H,1-2H3/b4-3+. The maximum Gasteiger partial charge on any atom is 0.483 e. The molecule has 0 heterocycles. The van der Waals surface area contributed by atoms with Crippen molar-refractivity contribution in [1.82, 2.24) is 0 Å². The Hall–Kier alpha value is -0.275. The van der Waals surface area contributed by atoms with Crippen LogP contribution in [0, 0.1) is 0 Å². The summed E-state index contributed by atoms with van der Waals surface area (Å²) in [5.41, 5.74) is 0.583. The summed E-state index contributed by atoms with van der Waals surface area (Å²) in [4.78, 5) is 0. The molecule has 0 aromatic heterocycles. The molecule has 0 spiro atoms. The van der Waals surface area contributed by atoms with Crippen LogP contribution in [0.4, 0.5) is 0 Å². The van der Waals surface area contributed by atoms with Gasteiger partial charge in [0.25, 0.3) is 0 Å². The Kier molecular flexibility index (Phi) is 2.72. The van der Waals surface area contributed by atoms with Crippen molar-refractivity contribution in [1.29, 1.82) is 0 Å². The first-order chi connectivity index (χ1) is 3.18. The van der Waals surface area contributed by atoms with Gasteiger partial charge in [0.05, 0.1) is 0 Å². The Morgan fingerprint density at radius 2 is 2.00 bits per heavy atom. The van der Waals surface area contributed by atoms with Crippen LogP contribution < -0.4 is 0 Å². The largest absolute Gasteiger partial charge is 0.483 e. The van der Waals surface area contributed by atoms with E-state index >= 15 is 0 Å². The minimum absolute atomic E-state index is 0.583. The van der Waals surface area contributed by atoms with E-state index in [4.69, 9.17) is 10.0 Å². The molecule has 0 aromatic rings. The van der Waals surface area contributed by atoms with Gasteiger partial charge in [-0.1, -0.05) is 6.08 Å². The molecule has 0 saturated carbocycles. The molecule has 0 amide bonds. The molecule has 0 rings (SSSR count). The zero-order chi connectivity index (χ0) is 5.86. The van der Waals surface area contributed by atoms with E-state index in [2.05, 4.69) is 0 Å². The van der Waals surface area contributed by atoms with Gasteiger partial charge in [-0.05, 0) is 19.3 Å². The van der Waals surface area contributed by atoms with Crippen LogP contribution in [-0.2, 0) is 0 Å². The van der Waals surface area contributed by atoms with Crippen molar-refractivity contribution in [3.05, 3.63) is 11.5 Å². The van der Waals surface area contributed by atoms with Crippen molar-refractivity contribution in [3.8, 4) is 0 Å². The summed E-state index contributed by atoms with van der Waals surface area (Å²) in [6.45, 7) is 3.42. The Labute approximate surface area is 43.6 Å². The summed E-state index contributed by atoms with van der Waals surface area (Å²) in [5.74, 6) is 0. The van der Waals surface area contributed by atoms with E-state index < -0.39 is 7.12 Å². The average Bonchev–Trinajstić information content (AvgIpc) is 1.65. The van der Waals surface area contributed by atoms with Crippen LogP contribution in [0.3, 0.4) is 0 Å². The third kappa shape index (κ3) is 2.42. The van der Waals surface area contributed by atoms with Gasteiger partial charge in [-0.3, -0.25) is 0 Å². The third-order valence-electron chi connectivity index (χ3n) is 0.863. The molecule has 0 aliphatic rings. The first-order valence-corrected chi connectivity index (χ1v) is 2.17. The maximum atomic E-state index is 8.31. The second-order valence-corrected chi connectivity index (χ2v) is 1.41. The maximum absolute atomic E-state index is 8.31. The Balaban J connectivity index is 3.56. The first-order valence-electron chi connectivity index (χ1n) is 2.17. The van der Waals surface area contributed by atoms with E-state index in [-0.39, 0.29) is 0 Å². The van der Waals surface area contributed by atoms with Crippen LogP contribution in [0.2, 0.25) is 0 Å². The van der Waals surface area contributed by atoms with Crippen molar-refractivity contribution in [2.75, 3.05) is 0 Å². The molecular weight excluding hydrogens is 90.9 g/mol. The lowest BCUT2D eigenvalue weighted by atomic mass is 9.81. The highest BCUT2D eigenvalue weighted by Gasteiger charge is 2.05. The predicted molar refractivity (Wildman–Crippen MR) is 29.6 cm³/mol. The molecule has 0 aliphatic carbocycles. The van der Waals surface area contributed by atoms with Gasteiger partial charge in [0.1, 0.15) is 0 Å². The number of allylic oxidation sites excluding steroid dienone is 2. The monoisotopic (exact) mass is 100 g/mol. The third-order valence-corrected chi connectivity index (χ3v) is 0.863. The van der Waals surface area contributed by atoms with Gasteiger partial charge in [0.15, 0.2) is 0 Å². The zero-order valence-corrected chi connectivity index (χ0v) is 4.55. The highest BCUT2D eigenvalue weighted by atomic mass is 16.4. The molecule has 0 aromatic carbocycles. The van der Waals surface area contributed by atoms with Gasteiger partial charge in [-0.25, -0.2) is 0 Å². The highest BCUT2D eigenvalue weighted by Crippen LogP contribution is 1.90. The molecule has 0 atom stereocenters. The summed E-state index contributed by atoms with van der Waals surface area (Å²) in [7, 11) is -1.27. The second kappa shape index (κ2) is 2.83. The summed E-state index contributed by atoms with van der Waals surface area (Å²) >= 11 is 0. The lowest BCUT2D eigenvalue weighted by molar-refractivity contribution is 0.419. The lowest BCUT2D eigenvalue weighted by Gasteiger charge is -1.91. The van der Waals surface area contributed by atoms with E-state index in [1.165, 1.54) is 0 Å². The Bertz CT molecular complexity index is 77.8. The van der Waals surface area contributed by atoms with Crippen molar-refractivity contribution in [2.24, 2.45) is 0 Å². The summed E-state index contributed by atoms with van der Waals surface area (Å²) in [6, 6.07) is 0. The second-order valence-electron chi connectivity index (χ2n) is 1.41. The summed E-state index contributed by atoms with van der Waals surface area (Å²) < 4.78 is 0. The van der Waals surface area contributed by atoms with E-state index in [1.54, 1.807) is 19.9 Å². The van der Waals surface area contributed by atoms with Gasteiger partial charge < -0.3 is 10.0 Å². The smallest absolute Gasteiger partial charge is 0.423 e. The van der Waals surface area contributed by atoms with Crippen LogP contribution in [-0.4, -0.2) is 17.2 Å². The molecule has 0 fully saturated rings. The normalized spacial score (nSPS) is 11.7.